The topological polar surface area (TPSA) is 77.2 Å². The van der Waals surface area contributed by atoms with Crippen LogP contribution in [0.3, 0.4) is 0 Å². The van der Waals surface area contributed by atoms with Gasteiger partial charge >= 0.3 is 0 Å². The van der Waals surface area contributed by atoms with Crippen LogP contribution >= 0.6 is 0 Å². The molecule has 1 amide bonds. The van der Waals surface area contributed by atoms with E-state index in [9.17, 15) is 4.79 Å². The number of nitrogen functional groups attached to an aromatic ring is 1. The summed E-state index contributed by atoms with van der Waals surface area (Å²) in [4.78, 5) is 16.0. The summed E-state index contributed by atoms with van der Waals surface area (Å²) in [5.74, 6) is 0.451. The maximum atomic E-state index is 12.0. The summed E-state index contributed by atoms with van der Waals surface area (Å²) in [6.07, 6.45) is 2.49. The van der Waals surface area contributed by atoms with E-state index in [0.717, 1.165) is 12.2 Å². The molecule has 0 aliphatic rings. The number of amides is 1. The average Bonchev–Trinajstić information content (AvgIpc) is 2.47. The van der Waals surface area contributed by atoms with Crippen LogP contribution in [0, 0.1) is 0 Å². The molecule has 0 spiro atoms. The lowest BCUT2D eigenvalue weighted by Crippen LogP contribution is -2.15. The number of benzene rings is 1. The van der Waals surface area contributed by atoms with Crippen molar-refractivity contribution in [1.82, 2.24) is 4.98 Å². The highest BCUT2D eigenvalue weighted by Crippen LogP contribution is 2.17. The Hall–Kier alpha value is -2.56. The molecule has 1 heterocycles. The Kier molecular flexibility index (Phi) is 4.55. The first-order valence-corrected chi connectivity index (χ1v) is 6.45. The van der Waals surface area contributed by atoms with Crippen molar-refractivity contribution in [3.05, 3.63) is 48.3 Å². The van der Waals surface area contributed by atoms with Crippen molar-refractivity contribution in [2.24, 2.45) is 0 Å². The highest BCUT2D eigenvalue weighted by molar-refractivity contribution is 6.06. The first-order chi connectivity index (χ1) is 9.70. The number of hydrogen-bond donors (Lipinski definition) is 2. The summed E-state index contributed by atoms with van der Waals surface area (Å²) >= 11 is 0. The van der Waals surface area contributed by atoms with E-state index < -0.39 is 0 Å². The van der Waals surface area contributed by atoms with Crippen molar-refractivity contribution in [1.29, 1.82) is 0 Å². The molecule has 0 saturated heterocycles. The standard InChI is InChI=1S/C15H17N3O2/c1-2-10-20-12-7-5-11(6-8-12)18-15(19)14-13(16)4-3-9-17-14/h3-9H,2,10,16H2,1H3,(H,18,19). The van der Waals surface area contributed by atoms with Crippen molar-refractivity contribution in [3.8, 4) is 5.75 Å². The Bertz CT molecular complexity index is 582. The van der Waals surface area contributed by atoms with Gasteiger partial charge in [0.2, 0.25) is 0 Å². The van der Waals surface area contributed by atoms with E-state index in [4.69, 9.17) is 10.5 Å². The molecule has 0 atom stereocenters. The van der Waals surface area contributed by atoms with Gasteiger partial charge in [-0.25, -0.2) is 4.98 Å². The van der Waals surface area contributed by atoms with Crippen LogP contribution in [0.25, 0.3) is 0 Å². The number of anilines is 2. The fourth-order valence-corrected chi connectivity index (χ4v) is 1.65. The van der Waals surface area contributed by atoms with E-state index in [1.165, 1.54) is 6.20 Å². The fourth-order valence-electron chi connectivity index (χ4n) is 1.65. The smallest absolute Gasteiger partial charge is 0.276 e. The van der Waals surface area contributed by atoms with Gasteiger partial charge in [-0.05, 0) is 42.8 Å². The third-order valence-electron chi connectivity index (χ3n) is 2.64. The molecule has 2 aromatic rings. The number of hydrogen-bond acceptors (Lipinski definition) is 4. The number of pyridine rings is 1. The van der Waals surface area contributed by atoms with E-state index in [-0.39, 0.29) is 11.6 Å². The molecule has 3 N–H and O–H groups in total. The lowest BCUT2D eigenvalue weighted by Gasteiger charge is -2.08. The molecule has 5 heteroatoms. The largest absolute Gasteiger partial charge is 0.494 e. The van der Waals surface area contributed by atoms with Crippen molar-refractivity contribution in [2.75, 3.05) is 17.7 Å². The number of aromatic nitrogens is 1. The van der Waals surface area contributed by atoms with Crippen LogP contribution in [-0.2, 0) is 0 Å². The molecule has 0 aliphatic heterocycles. The SMILES string of the molecule is CCCOc1ccc(NC(=O)c2ncccc2N)cc1. The number of nitrogens with one attached hydrogen (secondary N) is 1. The molecule has 20 heavy (non-hydrogen) atoms. The van der Waals surface area contributed by atoms with Crippen molar-refractivity contribution < 1.29 is 9.53 Å². The van der Waals surface area contributed by atoms with E-state index in [1.807, 2.05) is 19.1 Å². The summed E-state index contributed by atoms with van der Waals surface area (Å²) in [5, 5.41) is 2.75. The lowest BCUT2D eigenvalue weighted by molar-refractivity contribution is 0.102. The Balaban J connectivity index is 2.03. The van der Waals surface area contributed by atoms with Crippen LogP contribution in [0.15, 0.2) is 42.6 Å². The van der Waals surface area contributed by atoms with Gasteiger partial charge in [-0.1, -0.05) is 6.92 Å². The van der Waals surface area contributed by atoms with Crippen LogP contribution in [0.2, 0.25) is 0 Å². The molecular weight excluding hydrogens is 254 g/mol. The quantitative estimate of drug-likeness (QED) is 0.876. The normalized spacial score (nSPS) is 10.1. The second-order valence-corrected chi connectivity index (χ2v) is 4.27. The number of rotatable bonds is 5. The monoisotopic (exact) mass is 271 g/mol. The number of carbonyl (C=O) groups is 1. The predicted molar refractivity (Wildman–Crippen MR) is 78.8 cm³/mol. The summed E-state index contributed by atoms with van der Waals surface area (Å²) in [5.41, 5.74) is 6.96. The number of nitrogens with two attached hydrogens (primary N) is 1. The number of carbonyl (C=O) groups excluding carboxylic acids is 1. The fraction of sp³-hybridized carbons (Fsp3) is 0.200. The van der Waals surface area contributed by atoms with E-state index in [2.05, 4.69) is 10.3 Å². The van der Waals surface area contributed by atoms with Crippen molar-refractivity contribution in [2.45, 2.75) is 13.3 Å². The molecule has 5 nitrogen and oxygen atoms in total. The number of nitrogens with zero attached hydrogens (tertiary/aromatic N) is 1. The third kappa shape index (κ3) is 3.47. The third-order valence-corrected chi connectivity index (χ3v) is 2.64. The summed E-state index contributed by atoms with van der Waals surface area (Å²) < 4.78 is 5.47. The first kappa shape index (κ1) is 13.9. The maximum absolute atomic E-state index is 12.0. The molecule has 0 saturated carbocycles. The zero-order valence-electron chi connectivity index (χ0n) is 11.3. The predicted octanol–water partition coefficient (Wildman–Crippen LogP) is 2.70. The summed E-state index contributed by atoms with van der Waals surface area (Å²) in [7, 11) is 0. The van der Waals surface area contributed by atoms with Gasteiger partial charge < -0.3 is 15.8 Å². The zero-order chi connectivity index (χ0) is 14.4. The zero-order valence-corrected chi connectivity index (χ0v) is 11.3. The van der Waals surface area contributed by atoms with Gasteiger partial charge in [0.25, 0.3) is 5.91 Å². The summed E-state index contributed by atoms with van der Waals surface area (Å²) in [6, 6.07) is 10.5. The Morgan fingerprint density at radius 2 is 2.05 bits per heavy atom. The molecule has 0 bridgehead atoms. The molecule has 1 aromatic carbocycles. The maximum Gasteiger partial charge on any atom is 0.276 e. The van der Waals surface area contributed by atoms with Gasteiger partial charge in [-0.2, -0.15) is 0 Å². The highest BCUT2D eigenvalue weighted by atomic mass is 16.5. The van der Waals surface area contributed by atoms with E-state index in [1.54, 1.807) is 24.3 Å². The van der Waals surface area contributed by atoms with Crippen molar-refractivity contribution in [3.63, 3.8) is 0 Å². The minimum absolute atomic E-state index is 0.221. The van der Waals surface area contributed by atoms with Gasteiger partial charge in [0.15, 0.2) is 5.69 Å². The Labute approximate surface area is 117 Å². The highest BCUT2D eigenvalue weighted by Gasteiger charge is 2.10. The van der Waals surface area contributed by atoms with Crippen molar-refractivity contribution >= 4 is 17.3 Å². The molecule has 0 aliphatic carbocycles. The second kappa shape index (κ2) is 6.56. The van der Waals surface area contributed by atoms with Gasteiger partial charge in [0.1, 0.15) is 5.75 Å². The van der Waals surface area contributed by atoms with Crippen LogP contribution in [0.1, 0.15) is 23.8 Å². The van der Waals surface area contributed by atoms with Crippen LogP contribution in [0.4, 0.5) is 11.4 Å². The molecule has 104 valence electrons. The van der Waals surface area contributed by atoms with Gasteiger partial charge in [-0.3, -0.25) is 4.79 Å². The molecule has 0 unspecified atom stereocenters. The minimum Gasteiger partial charge on any atom is -0.494 e. The van der Waals surface area contributed by atoms with Gasteiger partial charge in [-0.15, -0.1) is 0 Å². The molecule has 2 rings (SSSR count). The Morgan fingerprint density at radius 1 is 1.30 bits per heavy atom. The Morgan fingerprint density at radius 3 is 2.70 bits per heavy atom. The first-order valence-electron chi connectivity index (χ1n) is 6.45. The average molecular weight is 271 g/mol. The molecule has 0 radical (unpaired) electrons. The lowest BCUT2D eigenvalue weighted by atomic mass is 10.2. The molecular formula is C15H17N3O2. The minimum atomic E-state index is -0.328. The van der Waals surface area contributed by atoms with Crippen LogP contribution in [-0.4, -0.2) is 17.5 Å². The van der Waals surface area contributed by atoms with Gasteiger partial charge in [0, 0.05) is 11.9 Å². The molecule has 1 aromatic heterocycles. The van der Waals surface area contributed by atoms with E-state index in [0.29, 0.717) is 18.0 Å². The second-order valence-electron chi connectivity index (χ2n) is 4.27. The summed E-state index contributed by atoms with van der Waals surface area (Å²) in [6.45, 7) is 2.72. The van der Waals surface area contributed by atoms with Crippen LogP contribution in [0.5, 0.6) is 5.75 Å². The molecule has 0 fully saturated rings. The van der Waals surface area contributed by atoms with E-state index >= 15 is 0 Å². The van der Waals surface area contributed by atoms with Crippen LogP contribution < -0.4 is 15.8 Å². The number of ether oxygens (including phenoxy) is 1. The van der Waals surface area contributed by atoms with Gasteiger partial charge in [0.05, 0.1) is 12.3 Å².